The number of halogens is 4. The van der Waals surface area contributed by atoms with Crippen molar-refractivity contribution in [3.05, 3.63) is 56.0 Å². The molecule has 0 bridgehead atoms. The summed E-state index contributed by atoms with van der Waals surface area (Å²) in [5.41, 5.74) is 2.29. The monoisotopic (exact) mass is 563 g/mol. The molecule has 0 radical (unpaired) electrons. The maximum Gasteiger partial charge on any atom is 0.261 e. The number of fused-ring (bicyclic) bond motifs is 1. The van der Waals surface area contributed by atoms with Crippen LogP contribution < -0.4 is 4.90 Å². The Bertz CT molecular complexity index is 1050. The molecule has 0 saturated carbocycles. The lowest BCUT2D eigenvalue weighted by molar-refractivity contribution is 0.0391. The third-order valence-electron chi connectivity index (χ3n) is 5.06. The molecule has 2 heterocycles. The van der Waals surface area contributed by atoms with Crippen molar-refractivity contribution in [3.8, 4) is 0 Å². The third kappa shape index (κ3) is 5.53. The Hall–Kier alpha value is -0.930. The van der Waals surface area contributed by atoms with E-state index in [1.54, 1.807) is 17.0 Å². The number of hydrogen-bond donors (Lipinski definition) is 0. The lowest BCUT2D eigenvalue weighted by Gasteiger charge is -2.29. The van der Waals surface area contributed by atoms with Gasteiger partial charge in [0.25, 0.3) is 5.91 Å². The van der Waals surface area contributed by atoms with Gasteiger partial charge in [0.15, 0.2) is 5.13 Å². The van der Waals surface area contributed by atoms with Gasteiger partial charge in [0, 0.05) is 30.7 Å². The first-order valence-corrected chi connectivity index (χ1v) is 11.9. The van der Waals surface area contributed by atoms with Crippen LogP contribution in [0, 0.1) is 6.92 Å². The SMILES string of the molecule is Cc1ccc(Cl)c2sc(N(CCN3CCOCC3)C(=O)c3cc(Br)ccc3Cl)nc12.Cl. The van der Waals surface area contributed by atoms with Crippen LogP contribution in [-0.2, 0) is 4.74 Å². The molecule has 1 amide bonds. The number of amides is 1. The molecule has 1 aliphatic heterocycles. The molecule has 0 N–H and O–H groups in total. The molecule has 3 aromatic rings. The Labute approximate surface area is 209 Å². The molecule has 0 atom stereocenters. The van der Waals surface area contributed by atoms with Crippen molar-refractivity contribution in [1.29, 1.82) is 0 Å². The van der Waals surface area contributed by atoms with E-state index in [9.17, 15) is 4.79 Å². The van der Waals surface area contributed by atoms with Gasteiger partial charge in [-0.1, -0.05) is 56.5 Å². The molecule has 166 valence electrons. The van der Waals surface area contributed by atoms with E-state index >= 15 is 0 Å². The molecule has 31 heavy (non-hydrogen) atoms. The van der Waals surface area contributed by atoms with Crippen molar-refractivity contribution in [1.82, 2.24) is 9.88 Å². The predicted molar refractivity (Wildman–Crippen MR) is 135 cm³/mol. The van der Waals surface area contributed by atoms with Crippen LogP contribution in [0.4, 0.5) is 5.13 Å². The van der Waals surface area contributed by atoms with E-state index < -0.39 is 0 Å². The molecule has 2 aromatic carbocycles. The topological polar surface area (TPSA) is 45.7 Å². The highest BCUT2D eigenvalue weighted by Crippen LogP contribution is 2.36. The van der Waals surface area contributed by atoms with Crippen LogP contribution in [0.1, 0.15) is 15.9 Å². The summed E-state index contributed by atoms with van der Waals surface area (Å²) >= 11 is 17.6. The number of thiazole rings is 1. The van der Waals surface area contributed by atoms with Gasteiger partial charge in [-0.25, -0.2) is 4.98 Å². The molecular formula is C21H21BrCl3N3O2S. The number of ether oxygens (including phenoxy) is 1. The zero-order valence-electron chi connectivity index (χ0n) is 16.7. The lowest BCUT2D eigenvalue weighted by Crippen LogP contribution is -2.43. The molecule has 0 spiro atoms. The van der Waals surface area contributed by atoms with Crippen molar-refractivity contribution < 1.29 is 9.53 Å². The molecule has 5 nitrogen and oxygen atoms in total. The lowest BCUT2D eigenvalue weighted by atomic mass is 10.2. The van der Waals surface area contributed by atoms with Gasteiger partial charge in [0.05, 0.1) is 39.0 Å². The standard InChI is InChI=1S/C21H20BrCl2N3O2S.ClH/c1-13-2-4-17(24)19-18(13)25-21(30-19)27(7-6-26-8-10-29-11-9-26)20(28)15-12-14(22)3-5-16(15)23;/h2-5,12H,6-11H2,1H3;1H. The highest BCUT2D eigenvalue weighted by molar-refractivity contribution is 9.10. The zero-order chi connectivity index (χ0) is 21.3. The molecule has 1 saturated heterocycles. The fourth-order valence-corrected chi connectivity index (χ4v) is 5.26. The van der Waals surface area contributed by atoms with Crippen molar-refractivity contribution >= 4 is 84.1 Å². The van der Waals surface area contributed by atoms with Gasteiger partial charge < -0.3 is 4.74 Å². The van der Waals surface area contributed by atoms with E-state index in [2.05, 4.69) is 20.8 Å². The maximum atomic E-state index is 13.5. The smallest absolute Gasteiger partial charge is 0.261 e. The number of aromatic nitrogens is 1. The van der Waals surface area contributed by atoms with Gasteiger partial charge in [0.1, 0.15) is 0 Å². The van der Waals surface area contributed by atoms with E-state index in [0.29, 0.717) is 40.5 Å². The quantitative estimate of drug-likeness (QED) is 0.377. The predicted octanol–water partition coefficient (Wildman–Crippen LogP) is 6.07. The first-order valence-electron chi connectivity index (χ1n) is 9.56. The summed E-state index contributed by atoms with van der Waals surface area (Å²) in [7, 11) is 0. The summed E-state index contributed by atoms with van der Waals surface area (Å²) in [5.74, 6) is -0.178. The number of nitrogens with zero attached hydrogens (tertiary/aromatic N) is 3. The summed E-state index contributed by atoms with van der Waals surface area (Å²) in [4.78, 5) is 22.3. The zero-order valence-corrected chi connectivity index (χ0v) is 21.5. The fourth-order valence-electron chi connectivity index (χ4n) is 3.36. The molecule has 10 heteroatoms. The second-order valence-electron chi connectivity index (χ2n) is 7.07. The minimum Gasteiger partial charge on any atom is -0.379 e. The third-order valence-corrected chi connectivity index (χ3v) is 7.43. The molecule has 0 unspecified atom stereocenters. The Morgan fingerprint density at radius 3 is 2.65 bits per heavy atom. The maximum absolute atomic E-state index is 13.5. The largest absolute Gasteiger partial charge is 0.379 e. The summed E-state index contributed by atoms with van der Waals surface area (Å²) in [5, 5.41) is 1.67. The van der Waals surface area contributed by atoms with Gasteiger partial charge in [0.2, 0.25) is 0 Å². The van der Waals surface area contributed by atoms with E-state index in [0.717, 1.165) is 39.9 Å². The molecule has 1 aliphatic rings. The van der Waals surface area contributed by atoms with Crippen LogP contribution in [0.25, 0.3) is 10.2 Å². The molecule has 0 aliphatic carbocycles. The van der Waals surface area contributed by atoms with E-state index in [-0.39, 0.29) is 18.3 Å². The number of rotatable bonds is 5. The van der Waals surface area contributed by atoms with Crippen molar-refractivity contribution in [2.24, 2.45) is 0 Å². The van der Waals surface area contributed by atoms with Gasteiger partial charge in [-0.05, 0) is 36.8 Å². The number of morpholine rings is 1. The van der Waals surface area contributed by atoms with Crippen molar-refractivity contribution in [2.45, 2.75) is 6.92 Å². The number of anilines is 1. The molecule has 1 aromatic heterocycles. The molecule has 1 fully saturated rings. The van der Waals surface area contributed by atoms with Crippen LogP contribution in [0.15, 0.2) is 34.8 Å². The normalized spacial score (nSPS) is 14.5. The average Bonchev–Trinajstić information content (AvgIpc) is 3.20. The number of carbonyl (C=O) groups is 1. The fraction of sp³-hybridized carbons (Fsp3) is 0.333. The highest BCUT2D eigenvalue weighted by atomic mass is 79.9. The first-order chi connectivity index (χ1) is 14.4. The number of carbonyl (C=O) groups excluding carboxylic acids is 1. The average molecular weight is 566 g/mol. The number of benzene rings is 2. The summed E-state index contributed by atoms with van der Waals surface area (Å²) in [6.45, 7) is 6.34. The highest BCUT2D eigenvalue weighted by Gasteiger charge is 2.25. The van der Waals surface area contributed by atoms with Gasteiger partial charge in [-0.3, -0.25) is 14.6 Å². The van der Waals surface area contributed by atoms with Gasteiger partial charge in [-0.2, -0.15) is 0 Å². The van der Waals surface area contributed by atoms with Gasteiger partial charge in [-0.15, -0.1) is 12.4 Å². The van der Waals surface area contributed by atoms with Crippen LogP contribution in [0.2, 0.25) is 10.0 Å². The first kappa shape index (κ1) is 24.7. The molecular weight excluding hydrogens is 545 g/mol. The van der Waals surface area contributed by atoms with Crippen LogP contribution in [0.5, 0.6) is 0 Å². The van der Waals surface area contributed by atoms with Gasteiger partial charge >= 0.3 is 0 Å². The second-order valence-corrected chi connectivity index (χ2v) is 9.78. The van der Waals surface area contributed by atoms with Crippen LogP contribution in [0.3, 0.4) is 0 Å². The minimum absolute atomic E-state index is 0. The Balaban J connectivity index is 0.00000272. The minimum atomic E-state index is -0.178. The van der Waals surface area contributed by atoms with Crippen molar-refractivity contribution in [2.75, 3.05) is 44.3 Å². The van der Waals surface area contributed by atoms with E-state index in [1.165, 1.54) is 11.3 Å². The number of aryl methyl sites for hydroxylation is 1. The summed E-state index contributed by atoms with van der Waals surface area (Å²) < 4.78 is 7.12. The van der Waals surface area contributed by atoms with E-state index in [1.807, 2.05) is 25.1 Å². The van der Waals surface area contributed by atoms with Crippen LogP contribution in [-0.4, -0.2) is 55.2 Å². The molecule has 4 rings (SSSR count). The van der Waals surface area contributed by atoms with Crippen molar-refractivity contribution in [3.63, 3.8) is 0 Å². The summed E-state index contributed by atoms with van der Waals surface area (Å²) in [6.07, 6.45) is 0. The van der Waals surface area contributed by atoms with E-state index in [4.69, 9.17) is 32.9 Å². The Morgan fingerprint density at radius 2 is 1.94 bits per heavy atom. The Kier molecular flexibility index (Phi) is 8.60. The summed E-state index contributed by atoms with van der Waals surface area (Å²) in [6, 6.07) is 9.10. The second kappa shape index (κ2) is 10.8. The van der Waals surface area contributed by atoms with Crippen LogP contribution >= 0.6 is 62.9 Å². The Morgan fingerprint density at radius 1 is 1.23 bits per heavy atom. The number of hydrogen-bond acceptors (Lipinski definition) is 5.